The molecule has 4 aliphatic rings. The number of rotatable bonds is 14. The van der Waals surface area contributed by atoms with Crippen LogP contribution in [0.3, 0.4) is 0 Å². The molecule has 2 aromatic heterocycles. The minimum Gasteiger partial charge on any atom is -0.494 e. The smallest absolute Gasteiger partial charge is 0.255 e. The van der Waals surface area contributed by atoms with Gasteiger partial charge in [-0.3, -0.25) is 39.3 Å². The Hall–Kier alpha value is -5.96. The molecule has 4 N–H and O–H groups in total. The molecule has 0 bridgehead atoms. The van der Waals surface area contributed by atoms with E-state index >= 15 is 0 Å². The second kappa shape index (κ2) is 19.1. The normalized spacial score (nSPS) is 18.7. The molecule has 3 fully saturated rings. The van der Waals surface area contributed by atoms with E-state index in [0.717, 1.165) is 94.7 Å². The van der Waals surface area contributed by atoms with Crippen LogP contribution in [0.4, 0.5) is 34.5 Å². The maximum absolute atomic E-state index is 13.1. The molecule has 20 heteroatoms. The van der Waals surface area contributed by atoms with E-state index in [-0.39, 0.29) is 29.8 Å². The van der Waals surface area contributed by atoms with Crippen LogP contribution < -0.4 is 30.3 Å². The zero-order valence-electron chi connectivity index (χ0n) is 37.1. The molecular weight excluding hydrogens is 929 g/mol. The molecule has 5 aromatic rings. The van der Waals surface area contributed by atoms with Crippen molar-refractivity contribution in [2.45, 2.75) is 64.1 Å². The lowest BCUT2D eigenvalue weighted by atomic mass is 9.99. The third-order valence-corrected chi connectivity index (χ3v) is 14.1. The first-order chi connectivity index (χ1) is 31.8. The number of imide groups is 1. The molecule has 3 amide bonds. The number of nitrogens with one attached hydrogen (secondary N) is 4. The molecule has 18 nitrogen and oxygen atoms in total. The topological polar surface area (TPSA) is 207 Å². The molecule has 3 saturated heterocycles. The monoisotopic (exact) mass is 980 g/mol. The van der Waals surface area contributed by atoms with Crippen molar-refractivity contribution in [1.82, 2.24) is 40.0 Å². The first kappa shape index (κ1) is 45.2. The minimum absolute atomic E-state index is 0.138. The number of piperidine rings is 2. The average molecular weight is 982 g/mol. The van der Waals surface area contributed by atoms with Gasteiger partial charge in [0.2, 0.25) is 27.8 Å². The van der Waals surface area contributed by atoms with Crippen molar-refractivity contribution in [2.24, 2.45) is 0 Å². The third-order valence-electron chi connectivity index (χ3n) is 13.0. The van der Waals surface area contributed by atoms with Gasteiger partial charge in [0.05, 0.1) is 40.4 Å². The summed E-state index contributed by atoms with van der Waals surface area (Å²) in [5.74, 6) is 0.575. The Labute approximate surface area is 392 Å². The maximum atomic E-state index is 13.1. The fourth-order valence-corrected chi connectivity index (χ4v) is 10.4. The highest BCUT2D eigenvalue weighted by atomic mass is 79.9. The van der Waals surface area contributed by atoms with E-state index in [9.17, 15) is 22.8 Å². The first-order valence-corrected chi connectivity index (χ1v) is 25.0. The molecule has 0 aliphatic carbocycles. The summed E-state index contributed by atoms with van der Waals surface area (Å²) in [6.07, 6.45) is 10.2. The van der Waals surface area contributed by atoms with E-state index < -0.39 is 16.1 Å². The summed E-state index contributed by atoms with van der Waals surface area (Å²) in [6, 6.07) is 13.6. The van der Waals surface area contributed by atoms with Gasteiger partial charge in [-0.15, -0.1) is 0 Å². The number of sulfonamides is 1. The van der Waals surface area contributed by atoms with E-state index in [2.05, 4.69) is 91.4 Å². The van der Waals surface area contributed by atoms with Crippen LogP contribution >= 0.6 is 15.9 Å². The highest BCUT2D eigenvalue weighted by molar-refractivity contribution is 9.10. The molecule has 0 radical (unpaired) electrons. The average Bonchev–Trinajstić information content (AvgIpc) is 3.64. The maximum Gasteiger partial charge on any atom is 0.255 e. The molecule has 1 atom stereocenters. The fraction of sp³-hybridized carbons (Fsp3) is 0.413. The zero-order valence-corrected chi connectivity index (χ0v) is 39.5. The number of fused-ring (bicyclic) bond motifs is 2. The summed E-state index contributed by atoms with van der Waals surface area (Å²) >= 11 is 3.54. The number of aromatic nitrogens is 4. The van der Waals surface area contributed by atoms with Crippen molar-refractivity contribution in [3.8, 4) is 5.75 Å². The van der Waals surface area contributed by atoms with Gasteiger partial charge in [-0.2, -0.15) is 4.98 Å². The number of benzene rings is 3. The minimum atomic E-state index is -3.65. The largest absolute Gasteiger partial charge is 0.494 e. The number of hydrogen-bond acceptors (Lipinski definition) is 15. The number of ether oxygens (including phenoxy) is 1. The highest BCUT2D eigenvalue weighted by Gasteiger charge is 2.39. The molecule has 6 heterocycles. The molecule has 4 aliphatic heterocycles. The second-order valence-electron chi connectivity index (χ2n) is 17.2. The van der Waals surface area contributed by atoms with Crippen molar-refractivity contribution in [3.05, 3.63) is 87.8 Å². The first-order valence-electron chi connectivity index (χ1n) is 22.3. The van der Waals surface area contributed by atoms with Gasteiger partial charge in [-0.1, -0.05) is 19.1 Å². The van der Waals surface area contributed by atoms with Crippen LogP contribution in [0.25, 0.3) is 11.0 Å². The number of hydrogen-bond donors (Lipinski definition) is 4. The molecule has 1 unspecified atom stereocenters. The van der Waals surface area contributed by atoms with Crippen LogP contribution in [-0.4, -0.2) is 132 Å². The third kappa shape index (κ3) is 9.77. The SMILES string of the molecule is CCc1cc(Nc2ncc(Br)c(Nc3ccc4nccnc4c3NS(C)(=O)=O)n2)c(OC)cc1N1CCC(N2CCN(CCc3ccc4c(c3)CN(C3CCC(=O)NC3=O)C4=O)CC2)CC1. The number of halogens is 1. The van der Waals surface area contributed by atoms with Gasteiger partial charge in [0.1, 0.15) is 23.1 Å². The van der Waals surface area contributed by atoms with Crippen LogP contribution in [0.1, 0.15) is 59.7 Å². The van der Waals surface area contributed by atoms with Crippen molar-refractivity contribution >= 4 is 89.2 Å². The van der Waals surface area contributed by atoms with Gasteiger partial charge < -0.3 is 30.1 Å². The number of carbonyl (C=O) groups excluding carboxylic acids is 3. The van der Waals surface area contributed by atoms with Crippen molar-refractivity contribution < 1.29 is 27.5 Å². The summed E-state index contributed by atoms with van der Waals surface area (Å²) in [4.78, 5) is 64.5. The number of carbonyl (C=O) groups is 3. The van der Waals surface area contributed by atoms with Gasteiger partial charge in [-0.05, 0) is 89.0 Å². The number of nitrogens with zero attached hydrogens (tertiary/aromatic N) is 8. The van der Waals surface area contributed by atoms with Gasteiger partial charge >= 0.3 is 0 Å². The lowest BCUT2D eigenvalue weighted by molar-refractivity contribution is -0.136. The van der Waals surface area contributed by atoms with Gasteiger partial charge in [-0.25, -0.2) is 13.4 Å². The van der Waals surface area contributed by atoms with Gasteiger partial charge in [0.25, 0.3) is 5.91 Å². The Morgan fingerprint density at radius 3 is 2.44 bits per heavy atom. The number of piperazine rings is 1. The van der Waals surface area contributed by atoms with Gasteiger partial charge in [0, 0.05) is 101 Å². The summed E-state index contributed by atoms with van der Waals surface area (Å²) < 4.78 is 33.8. The van der Waals surface area contributed by atoms with Crippen LogP contribution in [0.15, 0.2) is 65.5 Å². The lowest BCUT2D eigenvalue weighted by Gasteiger charge is -2.43. The fourth-order valence-electron chi connectivity index (χ4n) is 9.54. The highest BCUT2D eigenvalue weighted by Crippen LogP contribution is 2.39. The van der Waals surface area contributed by atoms with E-state index in [0.29, 0.717) is 63.3 Å². The molecule has 3 aromatic carbocycles. The van der Waals surface area contributed by atoms with Crippen LogP contribution in [0, 0.1) is 0 Å². The quantitative estimate of drug-likeness (QED) is 0.106. The zero-order chi connectivity index (χ0) is 46.1. The second-order valence-corrected chi connectivity index (χ2v) is 19.8. The molecule has 0 saturated carbocycles. The molecule has 346 valence electrons. The number of anilines is 6. The van der Waals surface area contributed by atoms with Crippen molar-refractivity contribution in [1.29, 1.82) is 0 Å². The Kier molecular flexibility index (Phi) is 13.1. The van der Waals surface area contributed by atoms with E-state index in [1.807, 2.05) is 12.1 Å². The van der Waals surface area contributed by atoms with Crippen molar-refractivity contribution in [2.75, 3.05) is 79.4 Å². The molecular formula is C46H53BrN12O6S. The molecule has 0 spiro atoms. The molecule has 9 rings (SSSR count). The van der Waals surface area contributed by atoms with Crippen LogP contribution in [-0.2, 0) is 39.0 Å². The Morgan fingerprint density at radius 1 is 0.909 bits per heavy atom. The Morgan fingerprint density at radius 2 is 1.70 bits per heavy atom. The van der Waals surface area contributed by atoms with E-state index in [4.69, 9.17) is 9.72 Å². The standard InChI is InChI=1S/C46H53BrN12O6S/c1-4-29-24-36(52-46-50-26-33(47)43(54-46)51-35-8-7-34-41(49-15-14-48-34)42(35)55-66(3,63)64)39(65-2)25-38(29)58-17-12-31(13-18-58)57-21-19-56(20-22-57)16-11-28-5-6-32-30(23-28)27-59(45(32)62)37-9-10-40(60)53-44(37)61/h5-8,14-15,23-26,31,37,55H,4,9-13,16-22,27H2,1-3H3,(H,53,60,61)(H2,50,51,52,54). The van der Waals surface area contributed by atoms with Crippen LogP contribution in [0.2, 0.25) is 0 Å². The number of aryl methyl sites for hydroxylation is 1. The summed E-state index contributed by atoms with van der Waals surface area (Å²) in [6.45, 7) is 9.46. The summed E-state index contributed by atoms with van der Waals surface area (Å²) in [7, 11) is -1.99. The predicted octanol–water partition coefficient (Wildman–Crippen LogP) is 5.20. The Balaban J connectivity index is 0.789. The van der Waals surface area contributed by atoms with E-state index in [1.165, 1.54) is 17.3 Å². The Bertz CT molecular complexity index is 2800. The number of amides is 3. The molecule has 66 heavy (non-hydrogen) atoms. The van der Waals surface area contributed by atoms with Crippen molar-refractivity contribution in [3.63, 3.8) is 0 Å². The summed E-state index contributed by atoms with van der Waals surface area (Å²) in [5.41, 5.74) is 7.46. The van der Waals surface area contributed by atoms with Crippen LogP contribution in [0.5, 0.6) is 5.75 Å². The lowest BCUT2D eigenvalue weighted by Crippen LogP contribution is -2.53. The predicted molar refractivity (Wildman–Crippen MR) is 256 cm³/mol. The number of methoxy groups -OCH3 is 1. The van der Waals surface area contributed by atoms with E-state index in [1.54, 1.807) is 36.5 Å². The van der Waals surface area contributed by atoms with Gasteiger partial charge in [0.15, 0.2) is 0 Å². The summed E-state index contributed by atoms with van der Waals surface area (Å²) in [5, 5.41) is 8.98.